The van der Waals surface area contributed by atoms with E-state index in [0.29, 0.717) is 0 Å². The van der Waals surface area contributed by atoms with Gasteiger partial charge in [0.1, 0.15) is 0 Å². The van der Waals surface area contributed by atoms with Crippen LogP contribution in [0.4, 0.5) is 0 Å². The van der Waals surface area contributed by atoms with Crippen molar-refractivity contribution in [3.05, 3.63) is 47.2 Å². The van der Waals surface area contributed by atoms with E-state index in [4.69, 9.17) is 11.6 Å². The third kappa shape index (κ3) is 8.82. The van der Waals surface area contributed by atoms with Crippen molar-refractivity contribution in [3.8, 4) is 0 Å². The number of hydrogen-bond acceptors (Lipinski definition) is 3. The highest BCUT2D eigenvalue weighted by Gasteiger charge is 2.00. The summed E-state index contributed by atoms with van der Waals surface area (Å²) in [6, 6.07) is 7.91. The summed E-state index contributed by atoms with van der Waals surface area (Å²) < 4.78 is 1.83. The van der Waals surface area contributed by atoms with Crippen LogP contribution in [0.5, 0.6) is 0 Å². The van der Waals surface area contributed by atoms with Gasteiger partial charge in [0.15, 0.2) is 5.96 Å². The summed E-state index contributed by atoms with van der Waals surface area (Å²) >= 11 is 7.68. The molecule has 0 aliphatic carbocycles. The third-order valence-corrected chi connectivity index (χ3v) is 4.66. The molecule has 0 amide bonds. The normalized spacial score (nSPS) is 11.1. The van der Waals surface area contributed by atoms with Gasteiger partial charge in [-0.25, -0.2) is 0 Å². The van der Waals surface area contributed by atoms with Crippen molar-refractivity contribution in [2.75, 3.05) is 25.9 Å². The molecule has 0 bridgehead atoms. The predicted octanol–water partition coefficient (Wildman–Crippen LogP) is 3.58. The van der Waals surface area contributed by atoms with Gasteiger partial charge in [-0.2, -0.15) is 5.10 Å². The second-order valence-electron chi connectivity index (χ2n) is 5.35. The van der Waals surface area contributed by atoms with E-state index in [9.17, 15) is 0 Å². The number of rotatable bonds is 8. The predicted molar refractivity (Wildman–Crippen MR) is 118 cm³/mol. The molecule has 1 heterocycles. The summed E-state index contributed by atoms with van der Waals surface area (Å²) in [4.78, 5) is 5.47. The fourth-order valence-corrected chi connectivity index (χ4v) is 3.08. The molecule has 2 aromatic rings. The first kappa shape index (κ1) is 22.1. The van der Waals surface area contributed by atoms with Gasteiger partial charge in [0.05, 0.1) is 6.20 Å². The van der Waals surface area contributed by atoms with Crippen molar-refractivity contribution in [2.24, 2.45) is 12.0 Å². The van der Waals surface area contributed by atoms with Crippen molar-refractivity contribution in [1.29, 1.82) is 0 Å². The van der Waals surface area contributed by atoms with Crippen LogP contribution in [0.25, 0.3) is 0 Å². The zero-order valence-corrected chi connectivity index (χ0v) is 18.4. The Labute approximate surface area is 176 Å². The summed E-state index contributed by atoms with van der Waals surface area (Å²) in [6.07, 6.45) is 6.04. The lowest BCUT2D eigenvalue weighted by atomic mass is 10.2. The Bertz CT molecular complexity index is 645. The number of halogens is 2. The van der Waals surface area contributed by atoms with E-state index in [1.165, 1.54) is 10.5 Å². The minimum absolute atomic E-state index is 0. The van der Waals surface area contributed by atoms with Crippen molar-refractivity contribution < 1.29 is 0 Å². The van der Waals surface area contributed by atoms with E-state index < -0.39 is 0 Å². The Kier molecular flexibility index (Phi) is 11.0. The summed E-state index contributed by atoms with van der Waals surface area (Å²) in [5, 5.41) is 11.6. The first-order chi connectivity index (χ1) is 11.7. The number of hydrogen-bond donors (Lipinski definition) is 2. The lowest BCUT2D eigenvalue weighted by Crippen LogP contribution is -2.38. The van der Waals surface area contributed by atoms with Crippen LogP contribution in [0.1, 0.15) is 12.0 Å². The van der Waals surface area contributed by atoms with Crippen LogP contribution in [0.15, 0.2) is 46.5 Å². The van der Waals surface area contributed by atoms with Crippen LogP contribution in [-0.4, -0.2) is 41.6 Å². The fraction of sp³-hybridized carbons (Fsp3) is 0.412. The lowest BCUT2D eigenvalue weighted by Gasteiger charge is -2.11. The SMILES string of the molecule is CN=C(NCCCc1cnn(C)c1)NCCSc1ccc(Cl)cc1.I. The van der Waals surface area contributed by atoms with Crippen molar-refractivity contribution >= 4 is 53.3 Å². The molecule has 0 unspecified atom stereocenters. The van der Waals surface area contributed by atoms with Gasteiger partial charge in [0, 0.05) is 49.1 Å². The van der Waals surface area contributed by atoms with Crippen molar-refractivity contribution in [2.45, 2.75) is 17.7 Å². The van der Waals surface area contributed by atoms with Crippen molar-refractivity contribution in [3.63, 3.8) is 0 Å². The zero-order chi connectivity index (χ0) is 17.2. The molecule has 1 aromatic carbocycles. The fourth-order valence-electron chi connectivity index (χ4n) is 2.19. The Morgan fingerprint density at radius 3 is 2.60 bits per heavy atom. The molecular formula is C17H25ClIN5S. The van der Waals surface area contributed by atoms with E-state index in [1.54, 1.807) is 18.8 Å². The zero-order valence-electron chi connectivity index (χ0n) is 14.5. The molecule has 0 fully saturated rings. The molecule has 1 aromatic heterocycles. The van der Waals surface area contributed by atoms with E-state index in [1.807, 2.05) is 42.2 Å². The summed E-state index contributed by atoms with van der Waals surface area (Å²) in [7, 11) is 3.73. The number of nitrogens with one attached hydrogen (secondary N) is 2. The van der Waals surface area contributed by atoms with E-state index >= 15 is 0 Å². The summed E-state index contributed by atoms with van der Waals surface area (Å²) in [5.74, 6) is 1.82. The number of benzene rings is 1. The molecule has 0 saturated heterocycles. The molecule has 8 heteroatoms. The minimum Gasteiger partial charge on any atom is -0.356 e. The largest absolute Gasteiger partial charge is 0.356 e. The van der Waals surface area contributed by atoms with Gasteiger partial charge in [-0.1, -0.05) is 11.6 Å². The van der Waals surface area contributed by atoms with Crippen LogP contribution in [0, 0.1) is 0 Å². The number of aryl methyl sites for hydroxylation is 2. The van der Waals surface area contributed by atoms with Gasteiger partial charge in [-0.05, 0) is 42.7 Å². The molecule has 0 aliphatic rings. The monoisotopic (exact) mass is 493 g/mol. The maximum absolute atomic E-state index is 5.88. The van der Waals surface area contributed by atoms with Crippen LogP contribution in [0.2, 0.25) is 5.02 Å². The van der Waals surface area contributed by atoms with Crippen LogP contribution in [0.3, 0.4) is 0 Å². The maximum Gasteiger partial charge on any atom is 0.191 e. The Morgan fingerprint density at radius 2 is 1.96 bits per heavy atom. The van der Waals surface area contributed by atoms with Crippen LogP contribution < -0.4 is 10.6 Å². The Hall–Kier alpha value is -0.930. The number of guanidine groups is 1. The molecule has 25 heavy (non-hydrogen) atoms. The molecule has 0 spiro atoms. The van der Waals surface area contributed by atoms with E-state index in [0.717, 1.165) is 42.7 Å². The van der Waals surface area contributed by atoms with E-state index in [-0.39, 0.29) is 24.0 Å². The van der Waals surface area contributed by atoms with Gasteiger partial charge in [0.25, 0.3) is 0 Å². The summed E-state index contributed by atoms with van der Waals surface area (Å²) in [6.45, 7) is 1.74. The first-order valence-electron chi connectivity index (χ1n) is 7.98. The topological polar surface area (TPSA) is 54.2 Å². The number of thioether (sulfide) groups is 1. The molecule has 2 N–H and O–H groups in total. The second-order valence-corrected chi connectivity index (χ2v) is 6.96. The Balaban J connectivity index is 0.00000312. The molecule has 138 valence electrons. The Morgan fingerprint density at radius 1 is 1.24 bits per heavy atom. The highest BCUT2D eigenvalue weighted by atomic mass is 127. The molecular weight excluding hydrogens is 469 g/mol. The van der Waals surface area contributed by atoms with Gasteiger partial charge < -0.3 is 10.6 Å². The van der Waals surface area contributed by atoms with Gasteiger partial charge in [-0.3, -0.25) is 9.67 Å². The quantitative estimate of drug-likeness (QED) is 0.194. The molecule has 5 nitrogen and oxygen atoms in total. The van der Waals surface area contributed by atoms with Gasteiger partial charge in [-0.15, -0.1) is 35.7 Å². The molecule has 0 radical (unpaired) electrons. The minimum atomic E-state index is 0. The number of aromatic nitrogens is 2. The van der Waals surface area contributed by atoms with Gasteiger partial charge in [0.2, 0.25) is 0 Å². The third-order valence-electron chi connectivity index (χ3n) is 3.39. The van der Waals surface area contributed by atoms with Crippen LogP contribution >= 0.6 is 47.3 Å². The standard InChI is InChI=1S/C17H24ClN5S.HI/c1-19-17(20-9-3-4-14-12-22-23(2)13-14)21-10-11-24-16-7-5-15(18)6-8-16;/h5-8,12-13H,3-4,9-11H2,1-2H3,(H2,19,20,21);1H. The van der Waals surface area contributed by atoms with Gasteiger partial charge >= 0.3 is 0 Å². The average Bonchev–Trinajstić information content (AvgIpc) is 3.00. The van der Waals surface area contributed by atoms with Crippen LogP contribution in [-0.2, 0) is 13.5 Å². The summed E-state index contributed by atoms with van der Waals surface area (Å²) in [5.41, 5.74) is 1.27. The first-order valence-corrected chi connectivity index (χ1v) is 9.34. The maximum atomic E-state index is 5.88. The van der Waals surface area contributed by atoms with Crippen molar-refractivity contribution in [1.82, 2.24) is 20.4 Å². The number of aliphatic imine (C=N–C) groups is 1. The number of nitrogens with zero attached hydrogens (tertiary/aromatic N) is 3. The molecule has 0 aliphatic heterocycles. The lowest BCUT2D eigenvalue weighted by molar-refractivity contribution is 0.745. The highest BCUT2D eigenvalue weighted by Crippen LogP contribution is 2.19. The molecule has 0 atom stereocenters. The average molecular weight is 494 g/mol. The van der Waals surface area contributed by atoms with E-state index in [2.05, 4.69) is 26.9 Å². The molecule has 0 saturated carbocycles. The smallest absolute Gasteiger partial charge is 0.191 e. The second kappa shape index (κ2) is 12.4. The molecule has 2 rings (SSSR count). The highest BCUT2D eigenvalue weighted by molar-refractivity contribution is 14.0.